The Kier molecular flexibility index (Phi) is 5.94. The molecule has 0 aliphatic heterocycles. The Morgan fingerprint density at radius 2 is 2.06 bits per heavy atom. The lowest BCUT2D eigenvalue weighted by atomic mass is 10.1. The second kappa shape index (κ2) is 7.25. The van der Waals surface area contributed by atoms with Crippen LogP contribution < -0.4 is 4.74 Å². The van der Waals surface area contributed by atoms with Crippen LogP contribution in [0.3, 0.4) is 0 Å². The van der Waals surface area contributed by atoms with Gasteiger partial charge in [-0.15, -0.1) is 0 Å². The normalized spacial score (nSPS) is 10.6. The van der Waals surface area contributed by atoms with Crippen LogP contribution in [0.5, 0.6) is 5.75 Å². The molecule has 0 saturated heterocycles. The van der Waals surface area contributed by atoms with Crippen molar-refractivity contribution in [3.05, 3.63) is 23.0 Å². The molecule has 96 valence electrons. The molecule has 4 nitrogen and oxygen atoms in total. The van der Waals surface area contributed by atoms with Crippen molar-refractivity contribution in [1.82, 2.24) is 4.98 Å². The quantitative estimate of drug-likeness (QED) is 0.541. The lowest BCUT2D eigenvalue weighted by molar-refractivity contribution is -0.0403. The third kappa shape index (κ3) is 3.68. The van der Waals surface area contributed by atoms with Gasteiger partial charge in [-0.25, -0.2) is 0 Å². The van der Waals surface area contributed by atoms with Crippen LogP contribution in [0.25, 0.3) is 0 Å². The minimum atomic E-state index is 0.278. The summed E-state index contributed by atoms with van der Waals surface area (Å²) in [5, 5.41) is 0. The molecule has 17 heavy (non-hydrogen) atoms. The molecule has 0 aromatic carbocycles. The van der Waals surface area contributed by atoms with Gasteiger partial charge in [0.2, 0.25) is 0 Å². The van der Waals surface area contributed by atoms with Crippen LogP contribution in [-0.4, -0.2) is 26.0 Å². The standard InChI is InChI=1S/C13H21NO3/c1-5-6-11-7-14-12(8-17-9-15-3)10(2)13(11)16-4/h7H,5-6,8-9H2,1-4H3. The lowest BCUT2D eigenvalue weighted by Gasteiger charge is -2.14. The predicted octanol–water partition coefficient (Wildman–Crippen LogP) is 2.47. The van der Waals surface area contributed by atoms with Gasteiger partial charge in [0.05, 0.1) is 19.4 Å². The summed E-state index contributed by atoms with van der Waals surface area (Å²) in [5.41, 5.74) is 3.11. The molecule has 1 aromatic rings. The molecule has 0 spiro atoms. The summed E-state index contributed by atoms with van der Waals surface area (Å²) >= 11 is 0. The first kappa shape index (κ1) is 13.9. The smallest absolute Gasteiger partial charge is 0.146 e. The van der Waals surface area contributed by atoms with Crippen LogP contribution in [0.4, 0.5) is 0 Å². The number of rotatable bonds is 7. The zero-order valence-electron chi connectivity index (χ0n) is 11.1. The van der Waals surface area contributed by atoms with Gasteiger partial charge < -0.3 is 14.2 Å². The van der Waals surface area contributed by atoms with Crippen molar-refractivity contribution in [2.24, 2.45) is 0 Å². The fourth-order valence-corrected chi connectivity index (χ4v) is 1.78. The maximum absolute atomic E-state index is 5.45. The number of hydrogen-bond acceptors (Lipinski definition) is 4. The van der Waals surface area contributed by atoms with Crippen LogP contribution in [-0.2, 0) is 22.5 Å². The Labute approximate surface area is 103 Å². The molecule has 0 atom stereocenters. The van der Waals surface area contributed by atoms with Crippen LogP contribution in [0, 0.1) is 6.92 Å². The highest BCUT2D eigenvalue weighted by molar-refractivity contribution is 5.41. The largest absolute Gasteiger partial charge is 0.496 e. The number of methoxy groups -OCH3 is 2. The number of pyridine rings is 1. The van der Waals surface area contributed by atoms with E-state index in [2.05, 4.69) is 11.9 Å². The minimum absolute atomic E-state index is 0.278. The molecule has 4 heteroatoms. The van der Waals surface area contributed by atoms with E-state index in [-0.39, 0.29) is 6.79 Å². The van der Waals surface area contributed by atoms with E-state index in [0.717, 1.165) is 35.4 Å². The van der Waals surface area contributed by atoms with E-state index < -0.39 is 0 Å². The van der Waals surface area contributed by atoms with Gasteiger partial charge in [0.15, 0.2) is 0 Å². The van der Waals surface area contributed by atoms with Gasteiger partial charge >= 0.3 is 0 Å². The molecule has 0 fully saturated rings. The number of hydrogen-bond donors (Lipinski definition) is 0. The van der Waals surface area contributed by atoms with E-state index in [1.807, 2.05) is 13.1 Å². The summed E-state index contributed by atoms with van der Waals surface area (Å²) in [7, 11) is 3.30. The highest BCUT2D eigenvalue weighted by atomic mass is 16.7. The van der Waals surface area contributed by atoms with E-state index in [1.54, 1.807) is 14.2 Å². The van der Waals surface area contributed by atoms with Crippen LogP contribution in [0.15, 0.2) is 6.20 Å². The average Bonchev–Trinajstić information content (AvgIpc) is 2.33. The van der Waals surface area contributed by atoms with Crippen molar-refractivity contribution in [1.29, 1.82) is 0 Å². The van der Waals surface area contributed by atoms with Crippen LogP contribution >= 0.6 is 0 Å². The van der Waals surface area contributed by atoms with Crippen molar-refractivity contribution >= 4 is 0 Å². The van der Waals surface area contributed by atoms with Gasteiger partial charge in [-0.2, -0.15) is 0 Å². The van der Waals surface area contributed by atoms with Crippen molar-refractivity contribution in [2.75, 3.05) is 21.0 Å². The van der Waals surface area contributed by atoms with Crippen LogP contribution in [0.1, 0.15) is 30.2 Å². The number of aromatic nitrogens is 1. The van der Waals surface area contributed by atoms with E-state index in [9.17, 15) is 0 Å². The Morgan fingerprint density at radius 3 is 2.65 bits per heavy atom. The van der Waals surface area contributed by atoms with E-state index in [1.165, 1.54) is 0 Å². The Bertz CT molecular complexity index is 353. The fourth-order valence-electron chi connectivity index (χ4n) is 1.78. The SMILES string of the molecule is CCCc1cnc(COCOC)c(C)c1OC. The fraction of sp³-hybridized carbons (Fsp3) is 0.615. The summed E-state index contributed by atoms with van der Waals surface area (Å²) in [5.74, 6) is 0.929. The van der Waals surface area contributed by atoms with Gasteiger partial charge in [-0.1, -0.05) is 13.3 Å². The molecule has 1 rings (SSSR count). The highest BCUT2D eigenvalue weighted by Crippen LogP contribution is 2.26. The zero-order chi connectivity index (χ0) is 12.7. The topological polar surface area (TPSA) is 40.6 Å². The molecule has 0 amide bonds. The second-order valence-electron chi connectivity index (χ2n) is 3.89. The van der Waals surface area contributed by atoms with Crippen molar-refractivity contribution in [2.45, 2.75) is 33.3 Å². The minimum Gasteiger partial charge on any atom is -0.496 e. The number of nitrogens with zero attached hydrogens (tertiary/aromatic N) is 1. The highest BCUT2D eigenvalue weighted by Gasteiger charge is 2.11. The van der Waals surface area contributed by atoms with Gasteiger partial charge in [0.25, 0.3) is 0 Å². The molecule has 0 unspecified atom stereocenters. The van der Waals surface area contributed by atoms with Gasteiger partial charge in [-0.05, 0) is 13.3 Å². The van der Waals surface area contributed by atoms with Crippen LogP contribution in [0.2, 0.25) is 0 Å². The Balaban J connectivity index is 2.86. The average molecular weight is 239 g/mol. The monoisotopic (exact) mass is 239 g/mol. The number of ether oxygens (including phenoxy) is 3. The first-order valence-electron chi connectivity index (χ1n) is 5.82. The molecular weight excluding hydrogens is 218 g/mol. The molecule has 0 radical (unpaired) electrons. The molecule has 0 bridgehead atoms. The predicted molar refractivity (Wildman–Crippen MR) is 66.2 cm³/mol. The summed E-state index contributed by atoms with van der Waals surface area (Å²) in [4.78, 5) is 4.42. The molecule has 0 saturated carbocycles. The third-order valence-electron chi connectivity index (χ3n) is 2.60. The molecule has 1 aromatic heterocycles. The van der Waals surface area contributed by atoms with Crippen molar-refractivity contribution in [3.63, 3.8) is 0 Å². The maximum atomic E-state index is 5.45. The molecular formula is C13H21NO3. The molecule has 0 N–H and O–H groups in total. The summed E-state index contributed by atoms with van der Waals surface area (Å²) in [6.45, 7) is 4.88. The van der Waals surface area contributed by atoms with E-state index >= 15 is 0 Å². The van der Waals surface area contributed by atoms with Gasteiger partial charge in [-0.3, -0.25) is 4.98 Å². The second-order valence-corrected chi connectivity index (χ2v) is 3.89. The zero-order valence-corrected chi connectivity index (χ0v) is 11.1. The van der Waals surface area contributed by atoms with Gasteiger partial charge in [0.1, 0.15) is 12.5 Å². The van der Waals surface area contributed by atoms with E-state index in [0.29, 0.717) is 6.61 Å². The van der Waals surface area contributed by atoms with Crippen molar-refractivity contribution in [3.8, 4) is 5.75 Å². The Hall–Kier alpha value is -1.13. The molecule has 0 aliphatic rings. The maximum Gasteiger partial charge on any atom is 0.146 e. The molecule has 0 aliphatic carbocycles. The number of aryl methyl sites for hydroxylation is 1. The van der Waals surface area contributed by atoms with Crippen molar-refractivity contribution < 1.29 is 14.2 Å². The van der Waals surface area contributed by atoms with E-state index in [4.69, 9.17) is 14.2 Å². The molecule has 1 heterocycles. The Morgan fingerprint density at radius 1 is 1.29 bits per heavy atom. The first-order chi connectivity index (χ1) is 8.24. The first-order valence-corrected chi connectivity index (χ1v) is 5.82. The summed E-state index contributed by atoms with van der Waals surface area (Å²) in [6.07, 6.45) is 3.94. The van der Waals surface area contributed by atoms with Gasteiger partial charge in [0, 0.05) is 24.4 Å². The summed E-state index contributed by atoms with van der Waals surface area (Å²) < 4.78 is 15.6. The third-order valence-corrected chi connectivity index (χ3v) is 2.60. The summed E-state index contributed by atoms with van der Waals surface area (Å²) in [6, 6.07) is 0. The lowest BCUT2D eigenvalue weighted by Crippen LogP contribution is -2.05.